The summed E-state index contributed by atoms with van der Waals surface area (Å²) in [5.41, 5.74) is 0.779. The van der Waals surface area contributed by atoms with Crippen LogP contribution in [0.25, 0.3) is 0 Å². The van der Waals surface area contributed by atoms with E-state index < -0.39 is 0 Å². The quantitative estimate of drug-likeness (QED) is 0.337. The first-order chi connectivity index (χ1) is 14.1. The third-order valence-electron chi connectivity index (χ3n) is 6.02. The van der Waals surface area contributed by atoms with Crippen LogP contribution in [-0.4, -0.2) is 67.5 Å². The highest BCUT2D eigenvalue weighted by Crippen LogP contribution is 2.19. The average molecular weight is 531 g/mol. The van der Waals surface area contributed by atoms with Crippen LogP contribution in [0, 0.1) is 11.7 Å². The van der Waals surface area contributed by atoms with E-state index in [4.69, 9.17) is 0 Å². The van der Waals surface area contributed by atoms with E-state index >= 15 is 0 Å². The molecule has 0 saturated carbocycles. The van der Waals surface area contributed by atoms with Crippen LogP contribution < -0.4 is 10.6 Å². The van der Waals surface area contributed by atoms with Gasteiger partial charge in [0.1, 0.15) is 5.82 Å². The van der Waals surface area contributed by atoms with Gasteiger partial charge in [-0.3, -0.25) is 14.7 Å². The molecule has 0 aromatic heterocycles. The molecule has 0 bridgehead atoms. The van der Waals surface area contributed by atoms with E-state index in [0.29, 0.717) is 18.9 Å². The fourth-order valence-corrected chi connectivity index (χ4v) is 4.17. The van der Waals surface area contributed by atoms with Crippen LogP contribution in [0.2, 0.25) is 0 Å². The monoisotopic (exact) mass is 531 g/mol. The molecule has 2 N–H and O–H groups in total. The number of guanidine groups is 1. The van der Waals surface area contributed by atoms with Crippen molar-refractivity contribution in [1.82, 2.24) is 20.4 Å². The zero-order valence-corrected chi connectivity index (χ0v) is 20.4. The molecule has 3 rings (SSSR count). The Morgan fingerprint density at radius 2 is 1.93 bits per heavy atom. The van der Waals surface area contributed by atoms with Crippen LogP contribution in [0.4, 0.5) is 4.39 Å². The summed E-state index contributed by atoms with van der Waals surface area (Å²) in [5.74, 6) is 1.51. The van der Waals surface area contributed by atoms with Crippen molar-refractivity contribution < 1.29 is 9.18 Å². The Bertz CT molecular complexity index is 709. The maximum absolute atomic E-state index is 13.8. The first-order valence-electron chi connectivity index (χ1n) is 10.8. The van der Waals surface area contributed by atoms with Gasteiger partial charge in [0.05, 0.1) is 0 Å². The summed E-state index contributed by atoms with van der Waals surface area (Å²) in [6, 6.07) is 7.31. The Balaban J connectivity index is 0.00000320. The molecule has 2 heterocycles. The second-order valence-electron chi connectivity index (χ2n) is 8.09. The fourth-order valence-electron chi connectivity index (χ4n) is 4.17. The van der Waals surface area contributed by atoms with E-state index in [2.05, 4.69) is 20.5 Å². The standard InChI is InChI=1S/C22H34FN5O.HI/c1-3-21(29)28-13-10-19(16-28)26-22(24-2)25-14-17-8-11-27(12-9-17)15-18-6-4-5-7-20(18)23;/h4-7,17,19H,3,8-16H2,1-2H3,(H2,24,25,26);1H. The molecule has 6 nitrogen and oxygen atoms in total. The number of aliphatic imine (C=N–C) groups is 1. The van der Waals surface area contributed by atoms with E-state index in [-0.39, 0.29) is 41.7 Å². The zero-order chi connectivity index (χ0) is 20.6. The average Bonchev–Trinajstić information content (AvgIpc) is 3.21. The van der Waals surface area contributed by atoms with Crippen molar-refractivity contribution in [2.45, 2.75) is 45.2 Å². The molecular weight excluding hydrogens is 496 g/mol. The highest BCUT2D eigenvalue weighted by molar-refractivity contribution is 14.0. The first-order valence-corrected chi connectivity index (χ1v) is 10.8. The van der Waals surface area contributed by atoms with Crippen LogP contribution in [0.5, 0.6) is 0 Å². The second-order valence-corrected chi connectivity index (χ2v) is 8.09. The van der Waals surface area contributed by atoms with Gasteiger partial charge in [-0.15, -0.1) is 24.0 Å². The molecule has 0 radical (unpaired) electrons. The summed E-state index contributed by atoms with van der Waals surface area (Å²) in [6.45, 7) is 7.03. The molecule has 30 heavy (non-hydrogen) atoms. The van der Waals surface area contributed by atoms with E-state index in [1.165, 1.54) is 6.07 Å². The molecule has 0 aliphatic carbocycles. The van der Waals surface area contributed by atoms with Gasteiger partial charge in [0, 0.05) is 51.3 Å². The minimum atomic E-state index is -0.114. The number of benzene rings is 1. The molecule has 1 aromatic carbocycles. The number of likely N-dealkylation sites (tertiary alicyclic amines) is 2. The summed E-state index contributed by atoms with van der Waals surface area (Å²) in [5, 5.41) is 6.91. The maximum atomic E-state index is 13.8. The molecule has 1 unspecified atom stereocenters. The molecule has 168 valence electrons. The smallest absolute Gasteiger partial charge is 0.222 e. The number of nitrogens with zero attached hydrogens (tertiary/aromatic N) is 3. The fraction of sp³-hybridized carbons (Fsp3) is 0.636. The Morgan fingerprint density at radius 1 is 1.20 bits per heavy atom. The molecule has 0 spiro atoms. The number of hydrogen-bond acceptors (Lipinski definition) is 3. The Morgan fingerprint density at radius 3 is 2.60 bits per heavy atom. The predicted octanol–water partition coefficient (Wildman–Crippen LogP) is 2.83. The lowest BCUT2D eigenvalue weighted by atomic mass is 9.96. The van der Waals surface area contributed by atoms with Gasteiger partial charge in [-0.25, -0.2) is 4.39 Å². The normalized spacial score (nSPS) is 20.7. The SMILES string of the molecule is CCC(=O)N1CCC(NC(=NC)NCC2CCN(Cc3ccccc3F)CC2)C1.I. The third kappa shape index (κ3) is 7.08. The van der Waals surface area contributed by atoms with Crippen molar-refractivity contribution in [2.24, 2.45) is 10.9 Å². The largest absolute Gasteiger partial charge is 0.356 e. The van der Waals surface area contributed by atoms with Gasteiger partial charge >= 0.3 is 0 Å². The Labute approximate surface area is 196 Å². The molecular formula is C22H35FIN5O. The number of piperidine rings is 1. The predicted molar refractivity (Wildman–Crippen MR) is 130 cm³/mol. The van der Waals surface area contributed by atoms with Crippen molar-refractivity contribution in [3.8, 4) is 0 Å². The van der Waals surface area contributed by atoms with E-state index in [0.717, 1.165) is 63.5 Å². The van der Waals surface area contributed by atoms with Crippen LogP contribution in [0.15, 0.2) is 29.3 Å². The second kappa shape index (κ2) is 12.4. The third-order valence-corrected chi connectivity index (χ3v) is 6.02. The van der Waals surface area contributed by atoms with E-state index in [1.54, 1.807) is 13.1 Å². The number of halogens is 2. The van der Waals surface area contributed by atoms with Gasteiger partial charge in [0.25, 0.3) is 0 Å². The number of amides is 1. The molecule has 2 aliphatic heterocycles. The van der Waals surface area contributed by atoms with Gasteiger partial charge in [0.2, 0.25) is 5.91 Å². The lowest BCUT2D eigenvalue weighted by Crippen LogP contribution is -2.47. The summed E-state index contributed by atoms with van der Waals surface area (Å²) in [6.07, 6.45) is 3.72. The number of carbonyl (C=O) groups excluding carboxylic acids is 1. The summed E-state index contributed by atoms with van der Waals surface area (Å²) >= 11 is 0. The number of nitrogens with one attached hydrogen (secondary N) is 2. The van der Waals surface area contributed by atoms with Crippen molar-refractivity contribution >= 4 is 35.8 Å². The molecule has 1 aromatic rings. The maximum Gasteiger partial charge on any atom is 0.222 e. The lowest BCUT2D eigenvalue weighted by molar-refractivity contribution is -0.129. The van der Waals surface area contributed by atoms with Gasteiger partial charge in [0.15, 0.2) is 5.96 Å². The minimum Gasteiger partial charge on any atom is -0.356 e. The lowest BCUT2D eigenvalue weighted by Gasteiger charge is -2.32. The number of rotatable bonds is 6. The van der Waals surface area contributed by atoms with Crippen molar-refractivity contribution in [3.05, 3.63) is 35.6 Å². The molecule has 2 fully saturated rings. The van der Waals surface area contributed by atoms with E-state index in [1.807, 2.05) is 24.0 Å². The number of carbonyl (C=O) groups is 1. The topological polar surface area (TPSA) is 60.0 Å². The Kier molecular flexibility index (Phi) is 10.3. The summed E-state index contributed by atoms with van der Waals surface area (Å²) < 4.78 is 13.8. The van der Waals surface area contributed by atoms with Crippen molar-refractivity contribution in [1.29, 1.82) is 0 Å². The minimum absolute atomic E-state index is 0. The highest BCUT2D eigenvalue weighted by atomic mass is 127. The first kappa shape index (κ1) is 24.8. The van der Waals surface area contributed by atoms with Crippen LogP contribution in [0.1, 0.15) is 38.2 Å². The molecule has 8 heteroatoms. The van der Waals surface area contributed by atoms with E-state index in [9.17, 15) is 9.18 Å². The van der Waals surface area contributed by atoms with Gasteiger partial charge in [-0.1, -0.05) is 25.1 Å². The van der Waals surface area contributed by atoms with Gasteiger partial charge in [-0.05, 0) is 44.3 Å². The molecule has 1 amide bonds. The molecule has 2 saturated heterocycles. The van der Waals surface area contributed by atoms with Crippen LogP contribution >= 0.6 is 24.0 Å². The van der Waals surface area contributed by atoms with Crippen molar-refractivity contribution in [3.63, 3.8) is 0 Å². The zero-order valence-electron chi connectivity index (χ0n) is 18.1. The van der Waals surface area contributed by atoms with Crippen LogP contribution in [-0.2, 0) is 11.3 Å². The number of hydrogen-bond donors (Lipinski definition) is 2. The van der Waals surface area contributed by atoms with Gasteiger partial charge < -0.3 is 15.5 Å². The summed E-state index contributed by atoms with van der Waals surface area (Å²) in [4.78, 5) is 20.4. The van der Waals surface area contributed by atoms with Gasteiger partial charge in [-0.2, -0.15) is 0 Å². The molecule has 1 atom stereocenters. The Hall–Kier alpha value is -1.42. The van der Waals surface area contributed by atoms with Crippen molar-refractivity contribution in [2.75, 3.05) is 39.8 Å². The molecule has 2 aliphatic rings. The highest BCUT2D eigenvalue weighted by Gasteiger charge is 2.26. The van der Waals surface area contributed by atoms with Crippen LogP contribution in [0.3, 0.4) is 0 Å². The summed E-state index contributed by atoms with van der Waals surface area (Å²) in [7, 11) is 1.79.